The molecule has 0 bridgehead atoms. The first-order valence-electron chi connectivity index (χ1n) is 8.48. The topological polar surface area (TPSA) is 98.0 Å². The number of fused-ring (bicyclic) bond motifs is 1. The Kier molecular flexibility index (Phi) is 4.47. The average Bonchev–Trinajstić information content (AvgIpc) is 2.73. The van der Waals surface area contributed by atoms with E-state index in [1.54, 1.807) is 12.3 Å². The number of hydrogen-bond acceptors (Lipinski definition) is 5. The van der Waals surface area contributed by atoms with Crippen molar-refractivity contribution >= 4 is 28.3 Å². The summed E-state index contributed by atoms with van der Waals surface area (Å²) in [6, 6.07) is 20.3. The van der Waals surface area contributed by atoms with Crippen molar-refractivity contribution in [1.82, 2.24) is 9.97 Å². The maximum atomic E-state index is 12.4. The van der Waals surface area contributed by atoms with Gasteiger partial charge in [-0.2, -0.15) is 0 Å². The molecule has 0 fully saturated rings. The predicted octanol–water partition coefficient (Wildman–Crippen LogP) is 4.46. The summed E-state index contributed by atoms with van der Waals surface area (Å²) in [4.78, 5) is 31.7. The summed E-state index contributed by atoms with van der Waals surface area (Å²) in [5.41, 5.74) is 3.99. The molecule has 0 aliphatic carbocycles. The molecule has 28 heavy (non-hydrogen) atoms. The molecule has 1 amide bonds. The molecule has 0 unspecified atom stereocenters. The predicted molar refractivity (Wildman–Crippen MR) is 106 cm³/mol. The lowest BCUT2D eigenvalue weighted by atomic mass is 10.1. The molecule has 7 heteroatoms. The molecule has 4 rings (SSSR count). The van der Waals surface area contributed by atoms with Crippen molar-refractivity contribution in [3.63, 3.8) is 0 Å². The van der Waals surface area contributed by atoms with Gasteiger partial charge in [-0.25, -0.2) is 4.98 Å². The van der Waals surface area contributed by atoms with Gasteiger partial charge < -0.3 is 5.32 Å². The fourth-order valence-corrected chi connectivity index (χ4v) is 2.79. The highest BCUT2D eigenvalue weighted by Gasteiger charge is 2.10. The molecule has 3 aromatic carbocycles. The van der Waals surface area contributed by atoms with Crippen molar-refractivity contribution in [3.8, 4) is 11.3 Å². The van der Waals surface area contributed by atoms with Gasteiger partial charge in [0, 0.05) is 28.9 Å². The van der Waals surface area contributed by atoms with Crippen LogP contribution < -0.4 is 5.32 Å². The van der Waals surface area contributed by atoms with E-state index in [0.717, 1.165) is 16.6 Å². The number of amides is 1. The Hall–Kier alpha value is -4.13. The van der Waals surface area contributed by atoms with E-state index in [1.807, 2.05) is 42.5 Å². The summed E-state index contributed by atoms with van der Waals surface area (Å²) in [5, 5.41) is 13.5. The first-order chi connectivity index (χ1) is 13.6. The Morgan fingerprint density at radius 2 is 1.68 bits per heavy atom. The third kappa shape index (κ3) is 3.54. The van der Waals surface area contributed by atoms with E-state index in [0.29, 0.717) is 16.9 Å². The van der Waals surface area contributed by atoms with Gasteiger partial charge >= 0.3 is 0 Å². The maximum Gasteiger partial charge on any atom is 0.269 e. The molecule has 1 heterocycles. The number of non-ortho nitro benzene ring substituents is 1. The van der Waals surface area contributed by atoms with E-state index >= 15 is 0 Å². The van der Waals surface area contributed by atoms with E-state index in [1.165, 1.54) is 24.3 Å². The van der Waals surface area contributed by atoms with Gasteiger partial charge in [0.05, 0.1) is 27.8 Å². The number of nitrogens with zero attached hydrogens (tertiary/aromatic N) is 3. The molecular weight excluding hydrogens is 356 g/mol. The summed E-state index contributed by atoms with van der Waals surface area (Å²) >= 11 is 0. The lowest BCUT2D eigenvalue weighted by molar-refractivity contribution is -0.384. The Morgan fingerprint density at radius 1 is 0.929 bits per heavy atom. The quantitative estimate of drug-likeness (QED) is 0.422. The van der Waals surface area contributed by atoms with Gasteiger partial charge in [-0.1, -0.05) is 24.3 Å². The highest BCUT2D eigenvalue weighted by molar-refractivity contribution is 6.04. The van der Waals surface area contributed by atoms with Crippen LogP contribution >= 0.6 is 0 Å². The van der Waals surface area contributed by atoms with E-state index in [9.17, 15) is 14.9 Å². The molecular formula is C21H14N4O3. The minimum absolute atomic E-state index is 0.0616. The zero-order valence-electron chi connectivity index (χ0n) is 14.6. The van der Waals surface area contributed by atoms with Gasteiger partial charge in [0.25, 0.3) is 11.6 Å². The van der Waals surface area contributed by atoms with Crippen molar-refractivity contribution in [1.29, 1.82) is 0 Å². The molecule has 136 valence electrons. The monoisotopic (exact) mass is 370 g/mol. The van der Waals surface area contributed by atoms with Crippen LogP contribution in [0.5, 0.6) is 0 Å². The largest absolute Gasteiger partial charge is 0.322 e. The number of hydrogen-bond donors (Lipinski definition) is 1. The Labute approximate surface area is 159 Å². The summed E-state index contributed by atoms with van der Waals surface area (Å²) in [6.45, 7) is 0. The zero-order valence-corrected chi connectivity index (χ0v) is 14.6. The first kappa shape index (κ1) is 17.3. The van der Waals surface area contributed by atoms with Crippen LogP contribution in [-0.2, 0) is 0 Å². The minimum Gasteiger partial charge on any atom is -0.322 e. The number of anilines is 1. The number of nitrogens with one attached hydrogen (secondary N) is 1. The smallest absolute Gasteiger partial charge is 0.269 e. The van der Waals surface area contributed by atoms with Crippen LogP contribution in [0.3, 0.4) is 0 Å². The van der Waals surface area contributed by atoms with Crippen LogP contribution in [0.25, 0.3) is 22.3 Å². The van der Waals surface area contributed by atoms with Crippen LogP contribution in [0.15, 0.2) is 79.0 Å². The second kappa shape index (κ2) is 7.24. The van der Waals surface area contributed by atoms with Crippen LogP contribution in [-0.4, -0.2) is 20.8 Å². The Bertz CT molecular complexity index is 1190. The molecule has 0 aliphatic rings. The summed E-state index contributed by atoms with van der Waals surface area (Å²) < 4.78 is 0. The molecule has 0 saturated heterocycles. The number of rotatable bonds is 4. The summed E-state index contributed by atoms with van der Waals surface area (Å²) in [5.74, 6) is -0.350. The average molecular weight is 370 g/mol. The molecule has 0 atom stereocenters. The molecule has 4 aromatic rings. The Morgan fingerprint density at radius 3 is 2.43 bits per heavy atom. The molecule has 1 aromatic heterocycles. The van der Waals surface area contributed by atoms with Gasteiger partial charge in [0.1, 0.15) is 0 Å². The number of carbonyl (C=O) groups excluding carboxylic acids is 1. The zero-order chi connectivity index (χ0) is 19.5. The van der Waals surface area contributed by atoms with Crippen molar-refractivity contribution in [2.75, 3.05) is 5.32 Å². The standard InChI is InChI=1S/C21H14N4O3/c26-21(14-8-10-17(11-9-14)25(27)28)23-16-5-3-4-15(12-16)20-13-22-18-6-1-2-7-19(18)24-20/h1-13H,(H,23,26). The van der Waals surface area contributed by atoms with Crippen LogP contribution in [0.2, 0.25) is 0 Å². The first-order valence-corrected chi connectivity index (χ1v) is 8.48. The number of aromatic nitrogens is 2. The molecule has 0 aliphatic heterocycles. The second-order valence-electron chi connectivity index (χ2n) is 6.08. The summed E-state index contributed by atoms with van der Waals surface area (Å²) in [7, 11) is 0. The van der Waals surface area contributed by atoms with Gasteiger partial charge in [-0.15, -0.1) is 0 Å². The Balaban J connectivity index is 1.57. The second-order valence-corrected chi connectivity index (χ2v) is 6.08. The maximum absolute atomic E-state index is 12.4. The molecule has 1 N–H and O–H groups in total. The minimum atomic E-state index is -0.504. The van der Waals surface area contributed by atoms with Gasteiger partial charge in [-0.05, 0) is 36.4 Å². The van der Waals surface area contributed by atoms with Gasteiger partial charge in [-0.3, -0.25) is 19.9 Å². The van der Waals surface area contributed by atoms with Crippen molar-refractivity contribution in [3.05, 3.63) is 94.7 Å². The lowest BCUT2D eigenvalue weighted by Gasteiger charge is -2.08. The number of nitro groups is 1. The number of para-hydroxylation sites is 2. The van der Waals surface area contributed by atoms with E-state index in [4.69, 9.17) is 0 Å². The van der Waals surface area contributed by atoms with Gasteiger partial charge in [0.15, 0.2) is 0 Å². The van der Waals surface area contributed by atoms with Crippen LogP contribution in [0, 0.1) is 10.1 Å². The van der Waals surface area contributed by atoms with E-state index in [-0.39, 0.29) is 11.6 Å². The van der Waals surface area contributed by atoms with Crippen LogP contribution in [0.4, 0.5) is 11.4 Å². The number of carbonyl (C=O) groups is 1. The van der Waals surface area contributed by atoms with Crippen molar-refractivity contribution < 1.29 is 9.72 Å². The van der Waals surface area contributed by atoms with Crippen LogP contribution in [0.1, 0.15) is 10.4 Å². The molecule has 7 nitrogen and oxygen atoms in total. The normalized spacial score (nSPS) is 10.6. The molecule has 0 radical (unpaired) electrons. The fourth-order valence-electron chi connectivity index (χ4n) is 2.79. The van der Waals surface area contributed by atoms with Crippen molar-refractivity contribution in [2.45, 2.75) is 0 Å². The third-order valence-electron chi connectivity index (χ3n) is 4.21. The SMILES string of the molecule is O=C(Nc1cccc(-c2cnc3ccccc3n2)c1)c1ccc([N+](=O)[O-])cc1. The highest BCUT2D eigenvalue weighted by atomic mass is 16.6. The lowest BCUT2D eigenvalue weighted by Crippen LogP contribution is -2.11. The van der Waals surface area contributed by atoms with E-state index < -0.39 is 4.92 Å². The van der Waals surface area contributed by atoms with E-state index in [2.05, 4.69) is 15.3 Å². The summed E-state index contributed by atoms with van der Waals surface area (Å²) in [6.07, 6.45) is 1.69. The van der Waals surface area contributed by atoms with Crippen molar-refractivity contribution in [2.24, 2.45) is 0 Å². The molecule has 0 saturated carbocycles. The number of nitro benzene ring substituents is 1. The third-order valence-corrected chi connectivity index (χ3v) is 4.21. The molecule has 0 spiro atoms. The highest BCUT2D eigenvalue weighted by Crippen LogP contribution is 2.23. The fraction of sp³-hybridized carbons (Fsp3) is 0. The number of benzene rings is 3. The van der Waals surface area contributed by atoms with Gasteiger partial charge in [0.2, 0.25) is 0 Å².